The Morgan fingerprint density at radius 2 is 1.96 bits per heavy atom. The molecule has 1 unspecified atom stereocenters. The van der Waals surface area contributed by atoms with Gasteiger partial charge in [0.2, 0.25) is 0 Å². The minimum atomic E-state index is -0.128. The first-order valence-electron chi connectivity index (χ1n) is 9.47. The van der Waals surface area contributed by atoms with Crippen molar-refractivity contribution in [3.05, 3.63) is 65.2 Å². The Balaban J connectivity index is 1.85. The highest BCUT2D eigenvalue weighted by molar-refractivity contribution is 5.79. The van der Waals surface area contributed by atoms with Crippen molar-refractivity contribution in [1.29, 1.82) is 0 Å². The van der Waals surface area contributed by atoms with E-state index in [1.54, 1.807) is 7.11 Å². The number of aliphatic hydroxyl groups is 1. The van der Waals surface area contributed by atoms with E-state index < -0.39 is 0 Å². The van der Waals surface area contributed by atoms with Crippen molar-refractivity contribution in [1.82, 2.24) is 4.90 Å². The molecule has 4 nitrogen and oxygen atoms in total. The Morgan fingerprint density at radius 1 is 1.19 bits per heavy atom. The number of ether oxygens (including phenoxy) is 2. The molecule has 4 rings (SSSR count). The number of rotatable bonds is 4. The minimum absolute atomic E-state index is 0.0380. The lowest BCUT2D eigenvalue weighted by atomic mass is 9.84. The Hall–Kier alpha value is -2.30. The van der Waals surface area contributed by atoms with Crippen molar-refractivity contribution in [2.24, 2.45) is 5.41 Å². The average Bonchev–Trinajstić information content (AvgIpc) is 2.79. The predicted octanol–water partition coefficient (Wildman–Crippen LogP) is 4.05. The number of nitrogens with zero attached hydrogens (tertiary/aromatic N) is 1. The molecular weight excluding hydrogens is 338 g/mol. The summed E-state index contributed by atoms with van der Waals surface area (Å²) in [7, 11) is 1.69. The monoisotopic (exact) mass is 365 g/mol. The fourth-order valence-electron chi connectivity index (χ4n) is 4.22. The summed E-state index contributed by atoms with van der Waals surface area (Å²) in [6.07, 6.45) is 2.33. The normalized spacial score (nSPS) is 20.9. The number of hydrogen-bond acceptors (Lipinski definition) is 4. The van der Waals surface area contributed by atoms with Crippen LogP contribution < -0.4 is 9.47 Å². The number of hydrogen-bond donors (Lipinski definition) is 1. The zero-order chi connectivity index (χ0) is 19.0. The lowest BCUT2D eigenvalue weighted by Crippen LogP contribution is -2.37. The highest BCUT2D eigenvalue weighted by atomic mass is 16.5. The molecule has 0 fully saturated rings. The lowest BCUT2D eigenvalue weighted by molar-refractivity contribution is 0.123. The quantitative estimate of drug-likeness (QED) is 0.888. The molecule has 0 spiro atoms. The number of methoxy groups -OCH3 is 1. The smallest absolute Gasteiger partial charge is 0.127 e. The van der Waals surface area contributed by atoms with Crippen molar-refractivity contribution in [2.75, 3.05) is 26.9 Å². The van der Waals surface area contributed by atoms with Gasteiger partial charge in [-0.05, 0) is 23.3 Å². The minimum Gasteiger partial charge on any atom is -0.496 e. The topological polar surface area (TPSA) is 41.9 Å². The van der Waals surface area contributed by atoms with Crippen LogP contribution in [0, 0.1) is 5.41 Å². The zero-order valence-corrected chi connectivity index (χ0v) is 16.2. The molecule has 2 aromatic carbocycles. The average molecular weight is 365 g/mol. The van der Waals surface area contributed by atoms with E-state index in [9.17, 15) is 5.11 Å². The molecule has 0 aliphatic carbocycles. The maximum absolute atomic E-state index is 10.3. The van der Waals surface area contributed by atoms with Crippen LogP contribution in [0.1, 0.15) is 36.6 Å². The van der Waals surface area contributed by atoms with Gasteiger partial charge in [0.05, 0.1) is 26.4 Å². The SMILES string of the molecule is COc1ccc2c3c1C(CO)N(Cc1ccccc1)CC3=CC(C)(C)CO2. The van der Waals surface area contributed by atoms with Gasteiger partial charge in [0.25, 0.3) is 0 Å². The van der Waals surface area contributed by atoms with E-state index in [1.165, 1.54) is 11.1 Å². The third-order valence-electron chi connectivity index (χ3n) is 5.42. The van der Waals surface area contributed by atoms with E-state index in [4.69, 9.17) is 9.47 Å². The van der Waals surface area contributed by atoms with Gasteiger partial charge in [-0.3, -0.25) is 4.90 Å². The first-order valence-corrected chi connectivity index (χ1v) is 9.47. The first kappa shape index (κ1) is 18.1. The van der Waals surface area contributed by atoms with E-state index in [2.05, 4.69) is 49.1 Å². The van der Waals surface area contributed by atoms with Crippen molar-refractivity contribution in [2.45, 2.75) is 26.4 Å². The van der Waals surface area contributed by atoms with Gasteiger partial charge in [0.15, 0.2) is 0 Å². The Morgan fingerprint density at radius 3 is 2.67 bits per heavy atom. The van der Waals surface area contributed by atoms with E-state index in [1.807, 2.05) is 18.2 Å². The van der Waals surface area contributed by atoms with Gasteiger partial charge >= 0.3 is 0 Å². The summed E-state index contributed by atoms with van der Waals surface area (Å²) >= 11 is 0. The van der Waals surface area contributed by atoms with Gasteiger partial charge in [-0.15, -0.1) is 0 Å². The third-order valence-corrected chi connectivity index (χ3v) is 5.42. The van der Waals surface area contributed by atoms with E-state index >= 15 is 0 Å². The highest BCUT2D eigenvalue weighted by Gasteiger charge is 2.37. The van der Waals surface area contributed by atoms with Crippen LogP contribution in [-0.4, -0.2) is 36.9 Å². The summed E-state index contributed by atoms with van der Waals surface area (Å²) in [4.78, 5) is 2.33. The molecule has 1 atom stereocenters. The molecule has 2 aromatic rings. The van der Waals surface area contributed by atoms with Crippen molar-refractivity contribution in [3.63, 3.8) is 0 Å². The maximum Gasteiger partial charge on any atom is 0.127 e. The maximum atomic E-state index is 10.3. The molecule has 2 aliphatic heterocycles. The second-order valence-corrected chi connectivity index (χ2v) is 8.09. The standard InChI is InChI=1S/C23H27NO3/c1-23(2)11-17-13-24(12-16-7-5-4-6-8-16)18(14-25)22-19(26-3)9-10-20(21(17)22)27-15-23/h4-11,18,25H,12-15H2,1-3H3. The first-order chi connectivity index (χ1) is 13.0. The summed E-state index contributed by atoms with van der Waals surface area (Å²) < 4.78 is 11.8. The van der Waals surface area contributed by atoms with Gasteiger partial charge in [-0.25, -0.2) is 0 Å². The Bertz CT molecular complexity index is 857. The van der Waals surface area contributed by atoms with Crippen LogP contribution in [0.4, 0.5) is 0 Å². The molecule has 0 saturated heterocycles. The Labute approximate surface area is 161 Å². The molecule has 0 saturated carbocycles. The van der Waals surface area contributed by atoms with Gasteiger partial charge in [-0.2, -0.15) is 0 Å². The summed E-state index contributed by atoms with van der Waals surface area (Å²) in [5.74, 6) is 1.69. The second-order valence-electron chi connectivity index (χ2n) is 8.09. The fourth-order valence-corrected chi connectivity index (χ4v) is 4.22. The van der Waals surface area contributed by atoms with Crippen LogP contribution in [0.5, 0.6) is 11.5 Å². The lowest BCUT2D eigenvalue weighted by Gasteiger charge is -2.39. The molecule has 4 heteroatoms. The molecule has 0 amide bonds. The fraction of sp³-hybridized carbons (Fsp3) is 0.391. The molecule has 27 heavy (non-hydrogen) atoms. The Kier molecular flexibility index (Phi) is 4.70. The molecule has 142 valence electrons. The van der Waals surface area contributed by atoms with Gasteiger partial charge in [-0.1, -0.05) is 50.3 Å². The molecule has 0 radical (unpaired) electrons. The highest BCUT2D eigenvalue weighted by Crippen LogP contribution is 2.48. The summed E-state index contributed by atoms with van der Waals surface area (Å²) in [6, 6.07) is 14.2. The van der Waals surface area contributed by atoms with Gasteiger partial charge < -0.3 is 14.6 Å². The van der Waals surface area contributed by atoms with Gasteiger partial charge in [0.1, 0.15) is 11.5 Å². The molecule has 2 aliphatic rings. The number of aliphatic hydroxyl groups excluding tert-OH is 1. The van der Waals surface area contributed by atoms with Crippen molar-refractivity contribution < 1.29 is 14.6 Å². The third kappa shape index (κ3) is 3.35. The van der Waals surface area contributed by atoms with Crippen molar-refractivity contribution in [3.8, 4) is 11.5 Å². The number of benzene rings is 2. The second kappa shape index (κ2) is 7.02. The van der Waals surface area contributed by atoms with Crippen LogP contribution in [-0.2, 0) is 6.54 Å². The molecule has 1 N–H and O–H groups in total. The van der Waals surface area contributed by atoms with Crippen LogP contribution >= 0.6 is 0 Å². The van der Waals surface area contributed by atoms with Crippen molar-refractivity contribution >= 4 is 5.57 Å². The van der Waals surface area contributed by atoms with Crippen LogP contribution in [0.3, 0.4) is 0 Å². The largest absolute Gasteiger partial charge is 0.496 e. The molecular formula is C23H27NO3. The van der Waals surface area contributed by atoms with Gasteiger partial charge in [0, 0.05) is 29.6 Å². The summed E-state index contributed by atoms with van der Waals surface area (Å²) in [5.41, 5.74) is 4.57. The predicted molar refractivity (Wildman–Crippen MR) is 107 cm³/mol. The summed E-state index contributed by atoms with van der Waals surface area (Å²) in [5, 5.41) is 10.3. The summed E-state index contributed by atoms with van der Waals surface area (Å²) in [6.45, 7) is 6.62. The van der Waals surface area contributed by atoms with E-state index in [-0.39, 0.29) is 18.1 Å². The van der Waals surface area contributed by atoms with E-state index in [0.29, 0.717) is 6.61 Å². The molecule has 2 heterocycles. The van der Waals surface area contributed by atoms with Crippen LogP contribution in [0.15, 0.2) is 48.5 Å². The zero-order valence-electron chi connectivity index (χ0n) is 16.2. The van der Waals surface area contributed by atoms with Crippen LogP contribution in [0.2, 0.25) is 0 Å². The molecule has 0 bridgehead atoms. The molecule has 0 aromatic heterocycles. The van der Waals surface area contributed by atoms with Crippen LogP contribution in [0.25, 0.3) is 5.57 Å². The van der Waals surface area contributed by atoms with E-state index in [0.717, 1.165) is 35.7 Å².